The Balaban J connectivity index is -0.000000130. The molecule has 0 spiro atoms. The molecule has 0 aliphatic heterocycles. The van der Waals surface area contributed by atoms with Crippen molar-refractivity contribution in [2.75, 3.05) is 0 Å². The van der Waals surface area contributed by atoms with Gasteiger partial charge in [-0.2, -0.15) is 56.6 Å². The quantitative estimate of drug-likeness (QED) is 0.335. The SMILES string of the molecule is C[SiH]C.Cc1c[c-](C)c(C)c1C.Cc1c[c-](C)c(C)c1C.[F-].[F-].[Hf+4]. The monoisotopic (exact) mass is 519 g/mol. The molecule has 0 fully saturated rings. The van der Waals surface area contributed by atoms with Gasteiger partial charge < -0.3 is 9.41 Å². The van der Waals surface area contributed by atoms with Crippen molar-refractivity contribution >= 4 is 9.52 Å². The Kier molecular flexibility index (Phi) is 19.6. The molecule has 1 radical (unpaired) electrons. The van der Waals surface area contributed by atoms with Crippen molar-refractivity contribution in [3.63, 3.8) is 0 Å². The molecule has 0 amide bonds. The van der Waals surface area contributed by atoms with Crippen molar-refractivity contribution in [2.45, 2.75) is 68.5 Å². The summed E-state index contributed by atoms with van der Waals surface area (Å²) in [6.45, 7) is 21.8. The van der Waals surface area contributed by atoms with Crippen LogP contribution in [0.1, 0.15) is 44.5 Å². The van der Waals surface area contributed by atoms with Gasteiger partial charge in [0.1, 0.15) is 0 Å². The second kappa shape index (κ2) is 14.9. The molecular weight excluding hydrogens is 485 g/mol. The first kappa shape index (κ1) is 31.4. The van der Waals surface area contributed by atoms with Crippen LogP contribution < -0.4 is 9.41 Å². The average Bonchev–Trinajstić information content (AvgIpc) is 2.77. The van der Waals surface area contributed by atoms with Crippen molar-refractivity contribution in [1.29, 1.82) is 0 Å². The molecule has 0 heterocycles. The Bertz CT molecular complexity index is 473. The van der Waals surface area contributed by atoms with E-state index in [1.54, 1.807) is 0 Å². The van der Waals surface area contributed by atoms with E-state index in [9.17, 15) is 0 Å². The van der Waals surface area contributed by atoms with Gasteiger partial charge in [-0.05, 0) is 0 Å². The average molecular weight is 518 g/mol. The van der Waals surface area contributed by atoms with Crippen molar-refractivity contribution in [3.8, 4) is 0 Å². The summed E-state index contributed by atoms with van der Waals surface area (Å²) < 4.78 is 0. The predicted molar refractivity (Wildman–Crippen MR) is 101 cm³/mol. The minimum Gasteiger partial charge on any atom is -1.00 e. The van der Waals surface area contributed by atoms with Crippen LogP contribution >= 0.6 is 0 Å². The van der Waals surface area contributed by atoms with E-state index in [4.69, 9.17) is 0 Å². The van der Waals surface area contributed by atoms with Gasteiger partial charge in [-0.3, -0.25) is 0 Å². The minimum atomic E-state index is 0. The molecule has 24 heavy (non-hydrogen) atoms. The minimum absolute atomic E-state index is 0. The first-order valence-corrected chi connectivity index (χ1v) is 10.1. The molecule has 0 saturated heterocycles. The third-order valence-electron chi connectivity index (χ3n) is 4.36. The normalized spacial score (nSPS) is 8.42. The van der Waals surface area contributed by atoms with Crippen LogP contribution in [-0.4, -0.2) is 9.52 Å². The fraction of sp³-hybridized carbons (Fsp3) is 0.500. The van der Waals surface area contributed by atoms with Crippen molar-refractivity contribution in [3.05, 3.63) is 56.6 Å². The Morgan fingerprint density at radius 3 is 0.917 bits per heavy atom. The standard InChI is InChI=1S/2C9H13.C2H7Si.2FH.Hf/c2*1-6-5-7(2)9(4)8(6)3;1-3-2;;;/h2*5H,1-4H3;3H,1-2H3;2*1H;/q2*-1;;;;+4/p-2. The molecule has 0 bridgehead atoms. The molecule has 135 valence electrons. The molecule has 0 atom stereocenters. The molecule has 2 aromatic carbocycles. The molecule has 2 aromatic rings. The maximum Gasteiger partial charge on any atom is 4.00 e. The number of hydrogen-bond acceptors (Lipinski definition) is 0. The van der Waals surface area contributed by atoms with Gasteiger partial charge in [0.2, 0.25) is 0 Å². The predicted octanol–water partition coefficient (Wildman–Crippen LogP) is -0.197. The smallest absolute Gasteiger partial charge is 1.00 e. The summed E-state index contributed by atoms with van der Waals surface area (Å²) >= 11 is 0. The Morgan fingerprint density at radius 1 is 0.667 bits per heavy atom. The first-order chi connectivity index (χ1) is 9.67. The summed E-state index contributed by atoms with van der Waals surface area (Å²) in [4.78, 5) is 0. The Morgan fingerprint density at radius 2 is 0.875 bits per heavy atom. The molecule has 0 aliphatic carbocycles. The molecule has 0 nitrogen and oxygen atoms in total. The van der Waals surface area contributed by atoms with E-state index in [2.05, 4.69) is 80.6 Å². The second-order valence-electron chi connectivity index (χ2n) is 6.10. The first-order valence-electron chi connectivity index (χ1n) is 7.81. The van der Waals surface area contributed by atoms with E-state index in [0.29, 0.717) is 0 Å². The fourth-order valence-electron chi connectivity index (χ4n) is 2.27. The van der Waals surface area contributed by atoms with Crippen molar-refractivity contribution < 1.29 is 35.3 Å². The van der Waals surface area contributed by atoms with E-state index in [0.717, 1.165) is 9.52 Å². The summed E-state index contributed by atoms with van der Waals surface area (Å²) in [6, 6.07) is 4.48. The largest absolute Gasteiger partial charge is 4.00 e. The maximum absolute atomic E-state index is 2.24. The molecule has 0 aromatic heterocycles. The van der Waals surface area contributed by atoms with Crippen LogP contribution in [0, 0.1) is 55.4 Å². The zero-order valence-electron chi connectivity index (χ0n) is 17.0. The molecule has 2 rings (SSSR count). The van der Waals surface area contributed by atoms with Gasteiger partial charge in [0.05, 0.1) is 0 Å². The van der Waals surface area contributed by atoms with Crippen LogP contribution in [-0.2, 0) is 25.8 Å². The summed E-state index contributed by atoms with van der Waals surface area (Å²) in [6.07, 6.45) is 0. The summed E-state index contributed by atoms with van der Waals surface area (Å²) in [5.41, 5.74) is 11.5. The molecule has 0 N–H and O–H groups in total. The van der Waals surface area contributed by atoms with Gasteiger partial charge in [0.15, 0.2) is 0 Å². The third kappa shape index (κ3) is 9.21. The van der Waals surface area contributed by atoms with E-state index in [1.165, 1.54) is 44.5 Å². The molecule has 4 heteroatoms. The van der Waals surface area contributed by atoms with Gasteiger partial charge in [-0.15, -0.1) is 0 Å². The Labute approximate surface area is 169 Å². The van der Waals surface area contributed by atoms with Crippen LogP contribution in [0.15, 0.2) is 12.1 Å². The molecule has 0 unspecified atom stereocenters. The number of rotatable bonds is 0. The fourth-order valence-corrected chi connectivity index (χ4v) is 2.27. The summed E-state index contributed by atoms with van der Waals surface area (Å²) in [7, 11) is 0.750. The van der Waals surface area contributed by atoms with Crippen LogP contribution in [0.2, 0.25) is 13.1 Å². The summed E-state index contributed by atoms with van der Waals surface area (Å²) in [5.74, 6) is 0. The van der Waals surface area contributed by atoms with E-state index >= 15 is 0 Å². The third-order valence-corrected chi connectivity index (χ3v) is 4.36. The molecular formula is C20H33F2HfSi. The van der Waals surface area contributed by atoms with Crippen LogP contribution in [0.3, 0.4) is 0 Å². The van der Waals surface area contributed by atoms with Crippen LogP contribution in [0.5, 0.6) is 0 Å². The number of aryl methyl sites for hydroxylation is 4. The topological polar surface area (TPSA) is 0 Å². The van der Waals surface area contributed by atoms with Gasteiger partial charge in [-0.1, -0.05) is 68.5 Å². The number of hydrogen-bond donors (Lipinski definition) is 0. The zero-order valence-corrected chi connectivity index (χ0v) is 21.7. The number of halogens is 2. The zero-order chi connectivity index (χ0) is 16.7. The van der Waals surface area contributed by atoms with Crippen LogP contribution in [0.4, 0.5) is 0 Å². The van der Waals surface area contributed by atoms with Gasteiger partial charge >= 0.3 is 25.8 Å². The van der Waals surface area contributed by atoms with E-state index in [1.807, 2.05) is 0 Å². The van der Waals surface area contributed by atoms with E-state index < -0.39 is 0 Å². The van der Waals surface area contributed by atoms with Gasteiger partial charge in [-0.25, -0.2) is 0 Å². The van der Waals surface area contributed by atoms with Gasteiger partial charge in [0.25, 0.3) is 0 Å². The molecule has 0 saturated carbocycles. The van der Waals surface area contributed by atoms with Crippen molar-refractivity contribution in [1.82, 2.24) is 0 Å². The second-order valence-corrected chi connectivity index (χ2v) is 7.25. The maximum atomic E-state index is 2.24. The van der Waals surface area contributed by atoms with Crippen molar-refractivity contribution in [2.24, 2.45) is 0 Å². The Hall–Kier alpha value is -0.353. The van der Waals surface area contributed by atoms with Gasteiger partial charge in [0, 0.05) is 9.52 Å². The molecule has 0 aliphatic rings. The van der Waals surface area contributed by atoms with Crippen LogP contribution in [0.25, 0.3) is 0 Å². The van der Waals surface area contributed by atoms with E-state index in [-0.39, 0.29) is 35.3 Å². The summed E-state index contributed by atoms with van der Waals surface area (Å²) in [5, 5.41) is 0.